The lowest BCUT2D eigenvalue weighted by molar-refractivity contribution is -0.151. The number of sulfonamides is 1. The first kappa shape index (κ1) is 31.5. The van der Waals surface area contributed by atoms with Crippen LogP contribution >= 0.6 is 0 Å². The van der Waals surface area contributed by atoms with Crippen molar-refractivity contribution < 1.29 is 37.8 Å². The minimum absolute atomic E-state index is 0.0983. The first-order valence-electron chi connectivity index (χ1n) is 13.6. The van der Waals surface area contributed by atoms with Crippen LogP contribution in [0, 0.1) is 11.3 Å². The van der Waals surface area contributed by atoms with Gasteiger partial charge in [0.2, 0.25) is 15.9 Å². The Hall–Kier alpha value is -3.03. The molecule has 0 radical (unpaired) electrons. The Labute approximate surface area is 234 Å². The number of nitrogens with zero attached hydrogens (tertiary/aromatic N) is 1. The van der Waals surface area contributed by atoms with Gasteiger partial charge in [-0.2, -0.15) is 0 Å². The summed E-state index contributed by atoms with van der Waals surface area (Å²) < 4.78 is 25.6. The van der Waals surface area contributed by atoms with Crippen LogP contribution in [0.3, 0.4) is 0 Å². The first-order chi connectivity index (χ1) is 18.7. The summed E-state index contributed by atoms with van der Waals surface area (Å²) in [5.41, 5.74) is 10.3. The van der Waals surface area contributed by atoms with Gasteiger partial charge < -0.3 is 27.0 Å². The van der Waals surface area contributed by atoms with Crippen LogP contribution in [0.2, 0.25) is 0 Å². The van der Waals surface area contributed by atoms with Crippen molar-refractivity contribution in [3.8, 4) is 0 Å². The summed E-state index contributed by atoms with van der Waals surface area (Å²) in [5, 5.41) is 23.0. The highest BCUT2D eigenvalue weighted by Crippen LogP contribution is 2.45. The van der Waals surface area contributed by atoms with Crippen molar-refractivity contribution >= 4 is 33.8 Å². The fourth-order valence-corrected chi connectivity index (χ4v) is 6.85. The Morgan fingerprint density at radius 1 is 1.05 bits per heavy atom. The number of nitrogens with one attached hydrogen (secondary N) is 1. The predicted molar refractivity (Wildman–Crippen MR) is 146 cm³/mol. The van der Waals surface area contributed by atoms with Crippen LogP contribution in [-0.4, -0.2) is 77.6 Å². The van der Waals surface area contributed by atoms with Gasteiger partial charge in [0.25, 0.3) is 5.91 Å². The molecule has 2 aliphatic rings. The third-order valence-corrected chi connectivity index (χ3v) is 9.34. The zero-order valence-corrected chi connectivity index (χ0v) is 23.6. The lowest BCUT2D eigenvalue weighted by atomic mass is 9.75. The van der Waals surface area contributed by atoms with Gasteiger partial charge in [0, 0.05) is 12.8 Å². The molecule has 3 rings (SSSR count). The van der Waals surface area contributed by atoms with Crippen LogP contribution in [-0.2, 0) is 42.0 Å². The van der Waals surface area contributed by atoms with Crippen LogP contribution in [0.4, 0.5) is 0 Å². The van der Waals surface area contributed by atoms with Gasteiger partial charge in [-0.05, 0) is 49.8 Å². The topological polar surface area (TPSA) is 210 Å². The van der Waals surface area contributed by atoms with Gasteiger partial charge in [0.15, 0.2) is 0 Å². The van der Waals surface area contributed by atoms with Crippen molar-refractivity contribution in [2.24, 2.45) is 22.8 Å². The molecule has 0 spiro atoms. The minimum atomic E-state index is -4.17. The van der Waals surface area contributed by atoms with Crippen molar-refractivity contribution in [1.82, 2.24) is 9.62 Å². The standard InChI is InChI=1S/C27H40N4O8S/c1-40(38,39)31(22(32)21(29)10-4-7-13-28)17-20(23(33)34)14-26(11-5-6-12-26)24(35)30-27(25(36)37)15-18-8-2-3-9-19(18)16-27/h2-3,8-9,20-21H,4-7,10-17,28-29H2,1H3,(H,30,35)(H,33,34)(H,36,37)/t20-,21-/m0/s1. The molecule has 1 fully saturated rings. The van der Waals surface area contributed by atoms with Crippen molar-refractivity contribution in [2.45, 2.75) is 75.8 Å². The van der Waals surface area contributed by atoms with E-state index in [0.29, 0.717) is 49.4 Å². The summed E-state index contributed by atoms with van der Waals surface area (Å²) in [6.45, 7) is -0.292. The normalized spacial score (nSPS) is 18.9. The van der Waals surface area contributed by atoms with Gasteiger partial charge in [-0.3, -0.25) is 14.4 Å². The maximum atomic E-state index is 13.8. The van der Waals surface area contributed by atoms with Crippen molar-refractivity contribution in [1.29, 1.82) is 0 Å². The molecule has 40 heavy (non-hydrogen) atoms. The molecule has 222 valence electrons. The summed E-state index contributed by atoms with van der Waals surface area (Å²) in [7, 11) is -4.17. The van der Waals surface area contributed by atoms with E-state index in [1.54, 1.807) is 12.1 Å². The third-order valence-electron chi connectivity index (χ3n) is 8.21. The Morgan fingerprint density at radius 2 is 1.62 bits per heavy atom. The number of carboxylic acid groups (broad SMARTS) is 2. The van der Waals surface area contributed by atoms with Gasteiger partial charge in [-0.1, -0.05) is 43.5 Å². The fourth-order valence-electron chi connectivity index (χ4n) is 5.94. The van der Waals surface area contributed by atoms with Crippen molar-refractivity contribution in [3.05, 3.63) is 35.4 Å². The molecule has 12 nitrogen and oxygen atoms in total. The van der Waals surface area contributed by atoms with E-state index < -0.39 is 63.2 Å². The molecule has 0 heterocycles. The zero-order chi connectivity index (χ0) is 29.7. The van der Waals surface area contributed by atoms with Gasteiger partial charge in [0.1, 0.15) is 5.54 Å². The van der Waals surface area contributed by atoms with Crippen LogP contribution < -0.4 is 16.8 Å². The Balaban J connectivity index is 1.84. The van der Waals surface area contributed by atoms with Gasteiger partial charge in [-0.25, -0.2) is 17.5 Å². The number of nitrogens with two attached hydrogens (primary N) is 2. The quantitative estimate of drug-likeness (QED) is 0.194. The lowest BCUT2D eigenvalue weighted by Crippen LogP contribution is -2.59. The summed E-state index contributed by atoms with van der Waals surface area (Å²) in [5.74, 6) is -5.43. The summed E-state index contributed by atoms with van der Waals surface area (Å²) >= 11 is 0. The molecule has 13 heteroatoms. The first-order valence-corrected chi connectivity index (χ1v) is 15.4. The average molecular weight is 581 g/mol. The predicted octanol–water partition coefficient (Wildman–Crippen LogP) is 0.621. The molecule has 0 saturated heterocycles. The number of rotatable bonds is 14. The number of benzene rings is 1. The molecule has 0 unspecified atom stereocenters. The number of carboxylic acids is 2. The minimum Gasteiger partial charge on any atom is -0.481 e. The Morgan fingerprint density at radius 3 is 2.10 bits per heavy atom. The number of hydrogen-bond acceptors (Lipinski definition) is 8. The van der Waals surface area contributed by atoms with E-state index in [0.717, 1.165) is 17.4 Å². The number of fused-ring (bicyclic) bond motifs is 1. The summed E-state index contributed by atoms with van der Waals surface area (Å²) in [4.78, 5) is 51.6. The van der Waals surface area contributed by atoms with Crippen LogP contribution in [0.1, 0.15) is 62.5 Å². The monoisotopic (exact) mass is 580 g/mol. The second-order valence-electron chi connectivity index (χ2n) is 11.2. The van der Waals surface area contributed by atoms with E-state index in [1.807, 2.05) is 12.1 Å². The number of hydrogen-bond donors (Lipinski definition) is 5. The third kappa shape index (κ3) is 6.99. The van der Waals surface area contributed by atoms with E-state index in [4.69, 9.17) is 11.5 Å². The van der Waals surface area contributed by atoms with Crippen LogP contribution in [0.15, 0.2) is 24.3 Å². The van der Waals surface area contributed by atoms with E-state index in [1.165, 1.54) is 0 Å². The molecule has 1 aromatic carbocycles. The number of aliphatic carboxylic acids is 2. The van der Waals surface area contributed by atoms with E-state index >= 15 is 0 Å². The van der Waals surface area contributed by atoms with Gasteiger partial charge >= 0.3 is 11.9 Å². The maximum absolute atomic E-state index is 13.8. The summed E-state index contributed by atoms with van der Waals surface area (Å²) in [6, 6.07) is 6.07. The van der Waals surface area contributed by atoms with Crippen LogP contribution in [0.25, 0.3) is 0 Å². The zero-order valence-electron chi connectivity index (χ0n) is 22.8. The second kappa shape index (κ2) is 12.6. The van der Waals surface area contributed by atoms with E-state index in [-0.39, 0.29) is 25.7 Å². The molecule has 2 atom stereocenters. The van der Waals surface area contributed by atoms with Gasteiger partial charge in [0.05, 0.1) is 30.2 Å². The fraction of sp³-hybridized carbons (Fsp3) is 0.630. The summed E-state index contributed by atoms with van der Waals surface area (Å²) in [6.07, 6.45) is 3.92. The Kier molecular flexibility index (Phi) is 9.96. The largest absolute Gasteiger partial charge is 0.481 e. The smallest absolute Gasteiger partial charge is 0.330 e. The number of carbonyl (C=O) groups excluding carboxylic acids is 2. The second-order valence-corrected chi connectivity index (χ2v) is 13.1. The van der Waals surface area contributed by atoms with Gasteiger partial charge in [-0.15, -0.1) is 0 Å². The maximum Gasteiger partial charge on any atom is 0.330 e. The molecule has 0 bridgehead atoms. The molecule has 1 aromatic rings. The lowest BCUT2D eigenvalue weighted by Gasteiger charge is -2.36. The molecule has 0 aliphatic heterocycles. The molecular weight excluding hydrogens is 540 g/mol. The Bertz CT molecular complexity index is 1200. The number of unbranched alkanes of at least 4 members (excludes halogenated alkanes) is 1. The van der Waals surface area contributed by atoms with Crippen molar-refractivity contribution in [3.63, 3.8) is 0 Å². The molecule has 2 amide bonds. The number of carbonyl (C=O) groups is 4. The average Bonchev–Trinajstić information content (AvgIpc) is 3.51. The van der Waals surface area contributed by atoms with Crippen LogP contribution in [0.5, 0.6) is 0 Å². The SMILES string of the molecule is CS(=O)(=O)N(C[C@H](CC1(C(=O)NC2(C(=O)O)Cc3ccccc3C2)CCCC1)C(=O)O)C(=O)[C@@H](N)CCCCN. The van der Waals surface area contributed by atoms with E-state index in [2.05, 4.69) is 5.32 Å². The van der Waals surface area contributed by atoms with E-state index in [9.17, 15) is 37.8 Å². The molecule has 2 aliphatic carbocycles. The highest BCUT2D eigenvalue weighted by Gasteiger charge is 2.51. The highest BCUT2D eigenvalue weighted by molar-refractivity contribution is 7.88. The molecule has 1 saturated carbocycles. The molecular formula is C27H40N4O8S. The number of amides is 2. The highest BCUT2D eigenvalue weighted by atomic mass is 32.2. The molecule has 0 aromatic heterocycles. The van der Waals surface area contributed by atoms with Crippen molar-refractivity contribution in [2.75, 3.05) is 19.3 Å². The molecule has 7 N–H and O–H groups in total.